The number of hydrogen-bond donors (Lipinski definition) is 2. The number of fused-ring (bicyclic) bond motifs is 1. The summed E-state index contributed by atoms with van der Waals surface area (Å²) < 4.78 is 6.45. The van der Waals surface area contributed by atoms with Crippen LogP contribution in [0, 0.1) is 13.8 Å². The lowest BCUT2D eigenvalue weighted by Gasteiger charge is -2.43. The number of para-hydroxylation sites is 1. The Morgan fingerprint density at radius 2 is 1.54 bits per heavy atom. The maximum absolute atomic E-state index is 14.1. The summed E-state index contributed by atoms with van der Waals surface area (Å²) in [5, 5.41) is 13.4. The van der Waals surface area contributed by atoms with Crippen LogP contribution in [-0.4, -0.2) is 110 Å². The van der Waals surface area contributed by atoms with Crippen LogP contribution >= 0.6 is 22.6 Å². The fraction of sp³-hybridized carbons (Fsp3) is 0.595. The number of rotatable bonds is 6. The Hall–Kier alpha value is -3.06. The number of aromatic hydroxyl groups is 1. The summed E-state index contributed by atoms with van der Waals surface area (Å²) in [6.07, 6.45) is 5.09. The number of urea groups is 1. The number of benzene rings is 2. The molecule has 11 heteroatoms. The second kappa shape index (κ2) is 14.8. The minimum atomic E-state index is -0.959. The highest BCUT2D eigenvalue weighted by Gasteiger charge is 2.37. The summed E-state index contributed by atoms with van der Waals surface area (Å²) in [5.74, 6) is 0.0884. The van der Waals surface area contributed by atoms with Crippen LogP contribution in [0.25, 0.3) is 0 Å². The minimum Gasteiger partial charge on any atom is -0.507 e. The van der Waals surface area contributed by atoms with Crippen molar-refractivity contribution in [3.8, 4) is 5.75 Å². The predicted octanol–water partition coefficient (Wildman–Crippen LogP) is 5.89. The molecule has 10 nitrogen and oxygen atoms in total. The number of aryl methyl sites for hydroxylation is 2. The first kappa shape index (κ1) is 34.8. The molecule has 2 N–H and O–H groups in total. The van der Waals surface area contributed by atoms with Crippen LogP contribution in [0.5, 0.6) is 5.75 Å². The Labute approximate surface area is 298 Å². The van der Waals surface area contributed by atoms with Crippen molar-refractivity contribution in [2.75, 3.05) is 51.1 Å². The van der Waals surface area contributed by atoms with Crippen molar-refractivity contribution < 1.29 is 24.2 Å². The topological polar surface area (TPSA) is 106 Å². The van der Waals surface area contributed by atoms with Crippen molar-refractivity contribution >= 4 is 46.3 Å². The van der Waals surface area contributed by atoms with E-state index in [0.29, 0.717) is 55.0 Å². The van der Waals surface area contributed by atoms with E-state index in [1.807, 2.05) is 60.0 Å². The fourth-order valence-electron chi connectivity index (χ4n) is 7.86. The number of carbonyl (C=O) groups is 3. The number of carbonyl (C=O) groups excluding carboxylic acids is 3. The van der Waals surface area contributed by atoms with E-state index in [9.17, 15) is 19.5 Å². The van der Waals surface area contributed by atoms with Crippen molar-refractivity contribution in [2.24, 2.45) is 0 Å². The van der Waals surface area contributed by atoms with E-state index in [-0.39, 0.29) is 30.2 Å². The molecule has 1 atom stereocenters. The summed E-state index contributed by atoms with van der Waals surface area (Å²) in [4.78, 5) is 48.8. The lowest BCUT2D eigenvalue weighted by atomic mass is 9.94. The van der Waals surface area contributed by atoms with E-state index in [0.717, 1.165) is 60.3 Å². The van der Waals surface area contributed by atoms with Gasteiger partial charge in [-0.1, -0.05) is 59.8 Å². The number of halogens is 1. The lowest BCUT2D eigenvalue weighted by molar-refractivity contribution is -0.142. The number of likely N-dealkylation sites (tertiary alicyclic amines) is 3. The SMILES string of the molecule is Cc1cc(C[C@@H](OC(=O)N2CCC(N3CCc4ccccc4NC3=O)CC2)C(=O)N2CCC(N3CCC(C)(I)CC3)CC2)cc(C)c1O. The van der Waals surface area contributed by atoms with Crippen LogP contribution in [0.1, 0.15) is 67.7 Å². The molecule has 0 aromatic heterocycles. The number of anilines is 1. The van der Waals surface area contributed by atoms with Crippen LogP contribution in [0.15, 0.2) is 36.4 Å². The molecule has 0 bridgehead atoms. The van der Waals surface area contributed by atoms with E-state index < -0.39 is 12.2 Å². The molecule has 4 aliphatic rings. The third kappa shape index (κ3) is 8.04. The Morgan fingerprint density at radius 1 is 0.938 bits per heavy atom. The monoisotopic (exact) mass is 771 g/mol. The molecular weight excluding hydrogens is 721 g/mol. The molecule has 3 saturated heterocycles. The Bertz CT molecular complexity index is 1470. The smallest absolute Gasteiger partial charge is 0.410 e. The summed E-state index contributed by atoms with van der Waals surface area (Å²) in [6.45, 7) is 11.1. The van der Waals surface area contributed by atoms with Gasteiger partial charge < -0.3 is 34.8 Å². The van der Waals surface area contributed by atoms with Crippen molar-refractivity contribution in [3.63, 3.8) is 0 Å². The molecule has 2 aromatic rings. The Morgan fingerprint density at radius 3 is 2.21 bits per heavy atom. The second-order valence-electron chi connectivity index (χ2n) is 14.4. The summed E-state index contributed by atoms with van der Waals surface area (Å²) in [5.41, 5.74) is 4.31. The van der Waals surface area contributed by atoms with Crippen LogP contribution in [0.4, 0.5) is 15.3 Å². The van der Waals surface area contributed by atoms with Gasteiger partial charge in [0.05, 0.1) is 0 Å². The molecule has 48 heavy (non-hydrogen) atoms. The quantitative estimate of drug-likeness (QED) is 0.281. The zero-order chi connectivity index (χ0) is 34.0. The van der Waals surface area contributed by atoms with Gasteiger partial charge in [0.1, 0.15) is 5.75 Å². The van der Waals surface area contributed by atoms with Crippen molar-refractivity contribution in [1.29, 1.82) is 0 Å². The molecule has 4 amide bonds. The second-order valence-corrected chi connectivity index (χ2v) is 17.0. The molecule has 3 fully saturated rings. The number of alkyl halides is 1. The van der Waals surface area contributed by atoms with Gasteiger partial charge in [0.2, 0.25) is 0 Å². The van der Waals surface area contributed by atoms with Gasteiger partial charge in [0, 0.05) is 60.3 Å². The number of phenols is 1. The van der Waals surface area contributed by atoms with Crippen molar-refractivity contribution in [2.45, 2.75) is 93.7 Å². The summed E-state index contributed by atoms with van der Waals surface area (Å²) in [7, 11) is 0. The number of ether oxygens (including phenoxy) is 1. The largest absolute Gasteiger partial charge is 0.507 e. The normalized spacial score (nSPS) is 21.7. The summed E-state index contributed by atoms with van der Waals surface area (Å²) >= 11 is 2.59. The minimum absolute atomic E-state index is 0.0237. The van der Waals surface area contributed by atoms with Gasteiger partial charge in [-0.3, -0.25) is 4.79 Å². The average Bonchev–Trinajstić information content (AvgIpc) is 3.24. The highest BCUT2D eigenvalue weighted by molar-refractivity contribution is 14.1. The van der Waals surface area contributed by atoms with Crippen LogP contribution in [0.3, 0.4) is 0 Å². The third-order valence-electron chi connectivity index (χ3n) is 10.9. The summed E-state index contributed by atoms with van der Waals surface area (Å²) in [6, 6.07) is 12.1. The van der Waals surface area contributed by atoms with Gasteiger partial charge in [-0.05, 0) is 100 Å². The molecule has 0 saturated carbocycles. The first-order valence-electron chi connectivity index (χ1n) is 17.6. The van der Waals surface area contributed by atoms with E-state index >= 15 is 0 Å². The zero-order valence-electron chi connectivity index (χ0n) is 28.5. The highest BCUT2D eigenvalue weighted by Crippen LogP contribution is 2.33. The molecule has 0 radical (unpaired) electrons. The van der Waals surface area contributed by atoms with Crippen molar-refractivity contribution in [1.82, 2.24) is 19.6 Å². The number of phenolic OH excluding ortho intramolecular Hbond substituents is 1. The first-order chi connectivity index (χ1) is 23.0. The fourth-order valence-corrected chi connectivity index (χ4v) is 8.34. The standard InChI is InChI=1S/C37H50IN5O5/c1-25-22-27(23-26(2)33(25)44)24-32(34(45)41-15-9-29(10-16-41)40-20-13-37(3,38)14-21-40)48-36(47)42-17-11-30(12-18-42)43-19-8-28-6-4-5-7-31(28)39-35(43)46/h4-7,22-23,29-30,32,44H,8-21,24H2,1-3H3,(H,39,46)/t32-/m1/s1. The molecule has 0 spiro atoms. The molecule has 2 aromatic carbocycles. The van der Waals surface area contributed by atoms with Gasteiger partial charge in [-0.2, -0.15) is 0 Å². The molecule has 4 aliphatic heterocycles. The Balaban J connectivity index is 1.08. The molecule has 6 rings (SSSR count). The maximum Gasteiger partial charge on any atom is 0.410 e. The highest BCUT2D eigenvalue weighted by atomic mass is 127. The molecule has 4 heterocycles. The van der Waals surface area contributed by atoms with E-state index in [1.54, 1.807) is 4.90 Å². The number of nitrogens with zero attached hydrogens (tertiary/aromatic N) is 4. The molecule has 260 valence electrons. The first-order valence-corrected chi connectivity index (χ1v) is 18.7. The number of piperidine rings is 3. The number of nitrogens with one attached hydrogen (secondary N) is 1. The lowest BCUT2D eigenvalue weighted by Crippen LogP contribution is -2.53. The van der Waals surface area contributed by atoms with E-state index in [1.165, 1.54) is 12.8 Å². The van der Waals surface area contributed by atoms with Gasteiger partial charge in [-0.15, -0.1) is 0 Å². The van der Waals surface area contributed by atoms with Crippen molar-refractivity contribution in [3.05, 3.63) is 58.7 Å². The maximum atomic E-state index is 14.1. The van der Waals surface area contributed by atoms with Gasteiger partial charge in [0.15, 0.2) is 6.10 Å². The van der Waals surface area contributed by atoms with Crippen LogP contribution in [0.2, 0.25) is 0 Å². The van der Waals surface area contributed by atoms with E-state index in [2.05, 4.69) is 39.7 Å². The predicted molar refractivity (Wildman–Crippen MR) is 195 cm³/mol. The van der Waals surface area contributed by atoms with Crippen LogP contribution < -0.4 is 5.32 Å². The van der Waals surface area contributed by atoms with Gasteiger partial charge >= 0.3 is 12.1 Å². The van der Waals surface area contributed by atoms with Gasteiger partial charge in [0.25, 0.3) is 5.91 Å². The molecule has 0 unspecified atom stereocenters. The molecule has 0 aliphatic carbocycles. The van der Waals surface area contributed by atoms with Gasteiger partial charge in [-0.25, -0.2) is 9.59 Å². The Kier molecular flexibility index (Phi) is 10.7. The zero-order valence-corrected chi connectivity index (χ0v) is 30.7. The molecular formula is C37H50IN5O5. The van der Waals surface area contributed by atoms with Crippen LogP contribution in [-0.2, 0) is 22.4 Å². The number of hydrogen-bond acceptors (Lipinski definition) is 6. The third-order valence-corrected chi connectivity index (χ3v) is 12.0. The number of amides is 4. The average molecular weight is 772 g/mol. The van der Waals surface area contributed by atoms with E-state index in [4.69, 9.17) is 4.74 Å².